The molecule has 1 saturated heterocycles. The van der Waals surface area contributed by atoms with Gasteiger partial charge in [-0.15, -0.1) is 0 Å². The third kappa shape index (κ3) is 4.57. The lowest BCUT2D eigenvalue weighted by Gasteiger charge is -2.33. The number of amides is 2. The van der Waals surface area contributed by atoms with Gasteiger partial charge in [0.2, 0.25) is 0 Å². The van der Waals surface area contributed by atoms with E-state index < -0.39 is 11.8 Å². The first-order chi connectivity index (χ1) is 13.1. The van der Waals surface area contributed by atoms with Crippen molar-refractivity contribution in [3.05, 3.63) is 59.7 Å². The van der Waals surface area contributed by atoms with E-state index in [1.165, 1.54) is 24.3 Å². The molecule has 3 rings (SSSR count). The van der Waals surface area contributed by atoms with Gasteiger partial charge in [0, 0.05) is 30.8 Å². The summed E-state index contributed by atoms with van der Waals surface area (Å²) in [6.45, 7) is 1.36. The van der Waals surface area contributed by atoms with E-state index in [0.717, 1.165) is 11.5 Å². The monoisotopic (exact) mass is 389 g/mol. The number of ether oxygens (including phenoxy) is 1. The van der Waals surface area contributed by atoms with Gasteiger partial charge >= 0.3 is 12.0 Å². The lowest BCUT2D eigenvalue weighted by molar-refractivity contribution is 0.0600. The molecule has 1 aromatic heterocycles. The van der Waals surface area contributed by atoms with Gasteiger partial charge in [-0.1, -0.05) is 12.1 Å². The van der Waals surface area contributed by atoms with Crippen molar-refractivity contribution in [3.8, 4) is 0 Å². The molecule has 0 bridgehead atoms. The van der Waals surface area contributed by atoms with Gasteiger partial charge in [0.1, 0.15) is 5.82 Å². The summed E-state index contributed by atoms with van der Waals surface area (Å²) < 4.78 is 19.0. The summed E-state index contributed by atoms with van der Waals surface area (Å²) in [7, 11) is 1.30. The van der Waals surface area contributed by atoms with E-state index in [1.54, 1.807) is 47.0 Å². The zero-order valence-electron chi connectivity index (χ0n) is 14.9. The highest BCUT2D eigenvalue weighted by Crippen LogP contribution is 2.23. The zero-order valence-corrected chi connectivity index (χ0v) is 15.7. The summed E-state index contributed by atoms with van der Waals surface area (Å²) in [6.07, 6.45) is 1.39. The van der Waals surface area contributed by atoms with Gasteiger partial charge in [0.05, 0.1) is 30.6 Å². The van der Waals surface area contributed by atoms with Crippen LogP contribution < -0.4 is 4.90 Å². The number of para-hydroxylation sites is 1. The molecule has 27 heavy (non-hydrogen) atoms. The van der Waals surface area contributed by atoms with Crippen LogP contribution in [0, 0.1) is 5.82 Å². The van der Waals surface area contributed by atoms with E-state index >= 15 is 0 Å². The van der Waals surface area contributed by atoms with Crippen LogP contribution in [0.1, 0.15) is 16.1 Å². The average Bonchev–Trinajstić information content (AvgIpc) is 2.72. The van der Waals surface area contributed by atoms with Crippen molar-refractivity contribution in [1.29, 1.82) is 0 Å². The number of nitrogens with zero attached hydrogens (tertiary/aromatic N) is 3. The molecule has 1 aliphatic rings. The summed E-state index contributed by atoms with van der Waals surface area (Å²) in [5.74, 6) is 0.775. The number of hydrogen-bond donors (Lipinski definition) is 0. The van der Waals surface area contributed by atoms with Crippen molar-refractivity contribution in [2.75, 3.05) is 36.6 Å². The number of esters is 1. The van der Waals surface area contributed by atoms with E-state index in [1.807, 2.05) is 0 Å². The SMILES string of the molecule is COC(=O)c1ccc(CN(C(=O)N2CCSCC2)c2ccccc2F)nc1. The van der Waals surface area contributed by atoms with Crippen LogP contribution in [0.4, 0.5) is 14.9 Å². The smallest absolute Gasteiger partial charge is 0.339 e. The molecule has 2 heterocycles. The Hall–Kier alpha value is -2.61. The minimum absolute atomic E-state index is 0.102. The van der Waals surface area contributed by atoms with E-state index in [4.69, 9.17) is 0 Å². The maximum absolute atomic E-state index is 14.4. The van der Waals surface area contributed by atoms with Gasteiger partial charge in [-0.3, -0.25) is 9.88 Å². The van der Waals surface area contributed by atoms with Crippen LogP contribution in [-0.2, 0) is 11.3 Å². The first-order valence-corrected chi connectivity index (χ1v) is 9.67. The molecule has 1 fully saturated rings. The van der Waals surface area contributed by atoms with Crippen molar-refractivity contribution in [1.82, 2.24) is 9.88 Å². The highest BCUT2D eigenvalue weighted by Gasteiger charge is 2.26. The van der Waals surface area contributed by atoms with Crippen LogP contribution in [0.2, 0.25) is 0 Å². The minimum atomic E-state index is -0.484. The fraction of sp³-hybridized carbons (Fsp3) is 0.316. The molecule has 6 nitrogen and oxygen atoms in total. The molecule has 1 aliphatic heterocycles. The number of halogens is 1. The molecule has 0 saturated carbocycles. The number of anilines is 1. The maximum atomic E-state index is 14.4. The molecule has 1 aromatic carbocycles. The molecule has 0 N–H and O–H groups in total. The predicted molar refractivity (Wildman–Crippen MR) is 102 cm³/mol. The Morgan fingerprint density at radius 2 is 1.96 bits per heavy atom. The number of rotatable bonds is 4. The largest absolute Gasteiger partial charge is 0.465 e. The normalized spacial score (nSPS) is 13.9. The van der Waals surface area contributed by atoms with Gasteiger partial charge in [-0.25, -0.2) is 14.0 Å². The second-order valence-electron chi connectivity index (χ2n) is 5.95. The number of methoxy groups -OCH3 is 1. The van der Waals surface area contributed by atoms with Gasteiger partial charge in [-0.2, -0.15) is 11.8 Å². The summed E-state index contributed by atoms with van der Waals surface area (Å²) in [5.41, 5.74) is 1.07. The van der Waals surface area contributed by atoms with E-state index in [0.29, 0.717) is 24.3 Å². The molecular formula is C19H20FN3O3S. The third-order valence-corrected chi connectivity index (χ3v) is 5.16. The predicted octanol–water partition coefficient (Wildman–Crippen LogP) is 3.18. The maximum Gasteiger partial charge on any atom is 0.339 e. The van der Waals surface area contributed by atoms with E-state index in [-0.39, 0.29) is 18.3 Å². The van der Waals surface area contributed by atoms with E-state index in [2.05, 4.69) is 9.72 Å². The Kier molecular flexibility index (Phi) is 6.28. The van der Waals surface area contributed by atoms with Gasteiger partial charge in [0.25, 0.3) is 0 Å². The minimum Gasteiger partial charge on any atom is -0.465 e. The van der Waals surface area contributed by atoms with Crippen molar-refractivity contribution in [3.63, 3.8) is 0 Å². The van der Waals surface area contributed by atoms with Crippen molar-refractivity contribution < 1.29 is 18.7 Å². The molecule has 0 radical (unpaired) electrons. The molecule has 0 unspecified atom stereocenters. The Labute approximate surface area is 161 Å². The molecule has 0 spiro atoms. The Bertz CT molecular complexity index is 810. The third-order valence-electron chi connectivity index (χ3n) is 4.22. The van der Waals surface area contributed by atoms with Gasteiger partial charge in [0.15, 0.2) is 0 Å². The number of pyridine rings is 1. The first-order valence-electron chi connectivity index (χ1n) is 8.52. The summed E-state index contributed by atoms with van der Waals surface area (Å²) in [6, 6.07) is 9.15. The Balaban J connectivity index is 1.86. The molecule has 8 heteroatoms. The average molecular weight is 389 g/mol. The number of thioether (sulfide) groups is 1. The van der Waals surface area contributed by atoms with E-state index in [9.17, 15) is 14.0 Å². The lowest BCUT2D eigenvalue weighted by Crippen LogP contribution is -2.47. The van der Waals surface area contributed by atoms with Crippen LogP contribution >= 0.6 is 11.8 Å². The highest BCUT2D eigenvalue weighted by atomic mass is 32.2. The van der Waals surface area contributed by atoms with Crippen molar-refractivity contribution in [2.45, 2.75) is 6.54 Å². The van der Waals surface area contributed by atoms with Crippen LogP contribution in [0.25, 0.3) is 0 Å². The molecule has 0 aliphatic carbocycles. The first kappa shape index (κ1) is 19.2. The standard InChI is InChI=1S/C19H20FN3O3S/c1-26-18(24)14-6-7-15(21-12-14)13-23(17-5-3-2-4-16(17)20)19(25)22-8-10-27-11-9-22/h2-7,12H,8-11,13H2,1H3. The van der Waals surface area contributed by atoms with Crippen molar-refractivity contribution >= 4 is 29.4 Å². The molecular weight excluding hydrogens is 369 g/mol. The van der Waals surface area contributed by atoms with Crippen LogP contribution in [-0.4, -0.2) is 53.6 Å². The quantitative estimate of drug-likeness (QED) is 0.752. The number of carbonyl (C=O) groups excluding carboxylic acids is 2. The Morgan fingerprint density at radius 3 is 2.59 bits per heavy atom. The summed E-state index contributed by atoms with van der Waals surface area (Å²) in [4.78, 5) is 31.9. The van der Waals surface area contributed by atoms with Crippen LogP contribution in [0.5, 0.6) is 0 Å². The fourth-order valence-electron chi connectivity index (χ4n) is 2.77. The van der Waals surface area contributed by atoms with Crippen LogP contribution in [0.3, 0.4) is 0 Å². The van der Waals surface area contributed by atoms with Gasteiger partial charge < -0.3 is 9.64 Å². The highest BCUT2D eigenvalue weighted by molar-refractivity contribution is 7.99. The van der Waals surface area contributed by atoms with Crippen LogP contribution in [0.15, 0.2) is 42.6 Å². The number of urea groups is 1. The number of aromatic nitrogens is 1. The number of carbonyl (C=O) groups is 2. The fourth-order valence-corrected chi connectivity index (χ4v) is 3.67. The molecule has 2 aromatic rings. The molecule has 2 amide bonds. The topological polar surface area (TPSA) is 62.7 Å². The van der Waals surface area contributed by atoms with Gasteiger partial charge in [-0.05, 0) is 24.3 Å². The molecule has 142 valence electrons. The summed E-state index contributed by atoms with van der Waals surface area (Å²) >= 11 is 1.79. The molecule has 0 atom stereocenters. The number of hydrogen-bond acceptors (Lipinski definition) is 5. The lowest BCUT2D eigenvalue weighted by atomic mass is 10.2. The number of benzene rings is 1. The second-order valence-corrected chi connectivity index (χ2v) is 7.17. The van der Waals surface area contributed by atoms with Crippen molar-refractivity contribution in [2.24, 2.45) is 0 Å². The zero-order chi connectivity index (χ0) is 19.2. The second kappa shape index (κ2) is 8.85. The Morgan fingerprint density at radius 1 is 1.22 bits per heavy atom. The summed E-state index contributed by atoms with van der Waals surface area (Å²) in [5, 5.41) is 0.